The molecule has 7 nitrogen and oxygen atoms in total. The molecule has 7 heteroatoms. The van der Waals surface area contributed by atoms with Gasteiger partial charge in [-0.3, -0.25) is 14.4 Å². The Morgan fingerprint density at radius 2 is 1.81 bits per heavy atom. The van der Waals surface area contributed by atoms with Crippen LogP contribution < -0.4 is 11.1 Å². The van der Waals surface area contributed by atoms with E-state index in [9.17, 15) is 14.4 Å². The Morgan fingerprint density at radius 3 is 2.38 bits per heavy atom. The van der Waals surface area contributed by atoms with Crippen LogP contribution in [0.25, 0.3) is 11.3 Å². The number of rotatable bonds is 8. The summed E-state index contributed by atoms with van der Waals surface area (Å²) in [5.74, 6) is -1.86. The van der Waals surface area contributed by atoms with E-state index in [0.29, 0.717) is 30.3 Å². The predicted molar refractivity (Wildman–Crippen MR) is 96.2 cm³/mol. The summed E-state index contributed by atoms with van der Waals surface area (Å²) in [5.41, 5.74) is 6.21. The predicted octanol–water partition coefficient (Wildman–Crippen LogP) is 2.24. The lowest BCUT2D eigenvalue weighted by Crippen LogP contribution is -2.46. The molecule has 0 radical (unpaired) electrons. The monoisotopic (exact) mass is 357 g/mol. The Kier molecular flexibility index (Phi) is 6.27. The summed E-state index contributed by atoms with van der Waals surface area (Å²) in [6, 6.07) is 8.12. The number of nitrogens with two attached hydrogens (primary N) is 1. The van der Waals surface area contributed by atoms with E-state index in [1.54, 1.807) is 19.1 Å². The molecule has 0 aliphatic carbocycles. The van der Waals surface area contributed by atoms with Crippen LogP contribution in [0.3, 0.4) is 0 Å². The molecule has 2 amide bonds. The zero-order valence-corrected chi connectivity index (χ0v) is 15.1. The van der Waals surface area contributed by atoms with E-state index in [0.717, 1.165) is 5.56 Å². The summed E-state index contributed by atoms with van der Waals surface area (Å²) >= 11 is 0. The molecule has 1 aromatic carbocycles. The van der Waals surface area contributed by atoms with Gasteiger partial charge in [0.2, 0.25) is 11.5 Å². The van der Waals surface area contributed by atoms with Crippen molar-refractivity contribution in [2.75, 3.05) is 0 Å². The van der Waals surface area contributed by atoms with Crippen molar-refractivity contribution in [2.45, 2.75) is 39.7 Å². The molecule has 0 spiro atoms. The molecule has 0 aliphatic heterocycles. The van der Waals surface area contributed by atoms with Crippen molar-refractivity contribution < 1.29 is 18.8 Å². The Morgan fingerprint density at radius 1 is 1.15 bits per heavy atom. The van der Waals surface area contributed by atoms with E-state index >= 15 is 0 Å². The number of nitrogens with one attached hydrogen (secondary N) is 1. The van der Waals surface area contributed by atoms with Crippen LogP contribution in [-0.2, 0) is 9.59 Å². The summed E-state index contributed by atoms with van der Waals surface area (Å²) in [5, 5.41) is 2.57. The van der Waals surface area contributed by atoms with Crippen LogP contribution in [0.1, 0.15) is 43.1 Å². The second-order valence-electron chi connectivity index (χ2n) is 6.50. The molecule has 2 aromatic rings. The molecule has 0 bridgehead atoms. The second-order valence-corrected chi connectivity index (χ2v) is 6.50. The quantitative estimate of drug-likeness (QED) is 0.703. The van der Waals surface area contributed by atoms with Crippen LogP contribution in [0.4, 0.5) is 0 Å². The number of carbonyl (C=O) groups excluding carboxylic acids is 3. The number of benzene rings is 1. The number of Topliss-reactive ketones (excluding diaryl/α,β-unsaturated/α-hetero) is 1. The Hall–Kier alpha value is -2.96. The molecule has 0 saturated heterocycles. The Labute approximate surface area is 152 Å². The van der Waals surface area contributed by atoms with E-state index in [1.807, 2.05) is 32.0 Å². The lowest BCUT2D eigenvalue weighted by molar-refractivity contribution is -0.137. The van der Waals surface area contributed by atoms with Crippen molar-refractivity contribution in [3.63, 3.8) is 0 Å². The van der Waals surface area contributed by atoms with Gasteiger partial charge in [-0.15, -0.1) is 0 Å². The maximum absolute atomic E-state index is 12.7. The van der Waals surface area contributed by atoms with Gasteiger partial charge in [-0.05, 0) is 18.8 Å². The number of amides is 2. The maximum Gasteiger partial charge on any atom is 0.289 e. The number of oxazole rings is 1. The number of carbonyl (C=O) groups is 3. The van der Waals surface area contributed by atoms with Crippen LogP contribution in [0.15, 0.2) is 34.7 Å². The fraction of sp³-hybridized carbons (Fsp3) is 0.368. The van der Waals surface area contributed by atoms with E-state index < -0.39 is 23.6 Å². The molecule has 1 atom stereocenters. The summed E-state index contributed by atoms with van der Waals surface area (Å²) in [6.45, 7) is 5.61. The number of primary amides is 1. The Bertz CT molecular complexity index is 796. The van der Waals surface area contributed by atoms with Gasteiger partial charge in [0.05, 0.1) is 6.04 Å². The normalized spacial score (nSPS) is 12.0. The fourth-order valence-electron chi connectivity index (χ4n) is 2.54. The first-order valence-corrected chi connectivity index (χ1v) is 8.47. The Balaban J connectivity index is 2.27. The zero-order valence-electron chi connectivity index (χ0n) is 15.1. The topological polar surface area (TPSA) is 115 Å². The molecule has 2 rings (SSSR count). The molecule has 26 heavy (non-hydrogen) atoms. The number of nitrogens with zero attached hydrogens (tertiary/aromatic N) is 1. The molecule has 1 heterocycles. The third kappa shape index (κ3) is 4.78. The number of ketones is 1. The number of hydrogen-bond acceptors (Lipinski definition) is 5. The number of aromatic nitrogens is 1. The summed E-state index contributed by atoms with van der Waals surface area (Å²) in [6.07, 6.45) is 0.976. The van der Waals surface area contributed by atoms with Gasteiger partial charge in [-0.1, -0.05) is 44.2 Å². The summed E-state index contributed by atoms with van der Waals surface area (Å²) in [4.78, 5) is 40.3. The first kappa shape index (κ1) is 19.4. The van der Waals surface area contributed by atoms with E-state index in [4.69, 9.17) is 10.2 Å². The van der Waals surface area contributed by atoms with Crippen LogP contribution in [-0.4, -0.2) is 28.6 Å². The van der Waals surface area contributed by atoms with Crippen LogP contribution in [0.2, 0.25) is 0 Å². The summed E-state index contributed by atoms with van der Waals surface area (Å²) < 4.78 is 5.45. The molecule has 0 unspecified atom stereocenters. The molecule has 0 saturated carbocycles. The first-order valence-electron chi connectivity index (χ1n) is 8.47. The fourth-order valence-corrected chi connectivity index (χ4v) is 2.54. The lowest BCUT2D eigenvalue weighted by atomic mass is 10.00. The van der Waals surface area contributed by atoms with Crippen molar-refractivity contribution in [2.24, 2.45) is 11.7 Å². The van der Waals surface area contributed by atoms with Crippen molar-refractivity contribution in [1.82, 2.24) is 10.3 Å². The third-order valence-electron chi connectivity index (χ3n) is 3.88. The minimum Gasteiger partial charge on any atom is -0.435 e. The average molecular weight is 357 g/mol. The highest BCUT2D eigenvalue weighted by Crippen LogP contribution is 2.24. The van der Waals surface area contributed by atoms with Crippen molar-refractivity contribution in [1.29, 1.82) is 0 Å². The van der Waals surface area contributed by atoms with E-state index in [1.165, 1.54) is 0 Å². The molecule has 0 fully saturated rings. The zero-order chi connectivity index (χ0) is 19.3. The maximum atomic E-state index is 12.7. The van der Waals surface area contributed by atoms with Crippen molar-refractivity contribution in [3.05, 3.63) is 42.0 Å². The third-order valence-corrected chi connectivity index (χ3v) is 3.88. The minimum absolute atomic E-state index is 0.000479. The smallest absolute Gasteiger partial charge is 0.289 e. The molecule has 3 N–H and O–H groups in total. The highest BCUT2D eigenvalue weighted by Gasteiger charge is 2.28. The summed E-state index contributed by atoms with van der Waals surface area (Å²) in [7, 11) is 0. The molecular formula is C19H23N3O4. The van der Waals surface area contributed by atoms with Gasteiger partial charge in [-0.25, -0.2) is 4.98 Å². The van der Waals surface area contributed by atoms with Gasteiger partial charge >= 0.3 is 0 Å². The van der Waals surface area contributed by atoms with Crippen molar-refractivity contribution in [3.8, 4) is 11.3 Å². The molecular weight excluding hydrogens is 334 g/mol. The largest absolute Gasteiger partial charge is 0.435 e. The molecule has 0 aliphatic rings. The van der Waals surface area contributed by atoms with E-state index in [-0.39, 0.29) is 5.76 Å². The van der Waals surface area contributed by atoms with Crippen molar-refractivity contribution >= 4 is 17.6 Å². The average Bonchev–Trinajstić information content (AvgIpc) is 3.00. The number of aryl methyl sites for hydroxylation is 1. The van der Waals surface area contributed by atoms with Gasteiger partial charge < -0.3 is 15.5 Å². The first-order chi connectivity index (χ1) is 12.3. The lowest BCUT2D eigenvalue weighted by Gasteiger charge is -2.16. The van der Waals surface area contributed by atoms with Crippen LogP contribution in [0.5, 0.6) is 0 Å². The standard InChI is InChI=1S/C19H23N3O4/c1-11(2)9-10-14(16(23)18(20)24)22-19(25)17-15(21-12(3)26-17)13-7-5-4-6-8-13/h4-8,11,14H,9-10H2,1-3H3,(H2,20,24)(H,22,25)/t14-/m0/s1. The second kappa shape index (κ2) is 8.42. The van der Waals surface area contributed by atoms with Gasteiger partial charge in [0.1, 0.15) is 5.69 Å². The van der Waals surface area contributed by atoms with Gasteiger partial charge in [-0.2, -0.15) is 0 Å². The van der Waals surface area contributed by atoms with Gasteiger partial charge in [0, 0.05) is 12.5 Å². The van der Waals surface area contributed by atoms with Crippen LogP contribution >= 0.6 is 0 Å². The minimum atomic E-state index is -1.07. The molecule has 1 aromatic heterocycles. The van der Waals surface area contributed by atoms with Crippen LogP contribution in [0, 0.1) is 12.8 Å². The molecule has 138 valence electrons. The van der Waals surface area contributed by atoms with E-state index in [2.05, 4.69) is 10.3 Å². The van der Waals surface area contributed by atoms with Gasteiger partial charge in [0.25, 0.3) is 11.8 Å². The highest BCUT2D eigenvalue weighted by molar-refractivity contribution is 6.38. The highest BCUT2D eigenvalue weighted by atomic mass is 16.4. The van der Waals surface area contributed by atoms with Gasteiger partial charge in [0.15, 0.2) is 5.89 Å². The SMILES string of the molecule is Cc1nc(-c2ccccc2)c(C(=O)N[C@@H](CCC(C)C)C(=O)C(N)=O)o1. The number of hydrogen-bond donors (Lipinski definition) is 2.